The Morgan fingerprint density at radius 3 is 2.53 bits per heavy atom. The molecule has 0 fully saturated rings. The Labute approximate surface area is 172 Å². The predicted molar refractivity (Wildman–Crippen MR) is 107 cm³/mol. The summed E-state index contributed by atoms with van der Waals surface area (Å²) in [4.78, 5) is 40.3. The molecule has 1 amide bonds. The molecule has 0 bridgehead atoms. The lowest BCUT2D eigenvalue weighted by atomic mass is 10.0. The molecule has 30 heavy (non-hydrogen) atoms. The zero-order valence-electron chi connectivity index (χ0n) is 17.1. The second kappa shape index (κ2) is 7.94. The Hall–Kier alpha value is -3.75. The summed E-state index contributed by atoms with van der Waals surface area (Å²) in [5.74, 6) is -2.14. The van der Waals surface area contributed by atoms with Gasteiger partial charge < -0.3 is 15.2 Å². The molecule has 0 unspecified atom stereocenters. The third kappa shape index (κ3) is 4.62. The van der Waals surface area contributed by atoms with Gasteiger partial charge in [-0.05, 0) is 44.9 Å². The number of benzene rings is 1. The number of esters is 1. The number of hydrogen-bond acceptors (Lipinski definition) is 6. The summed E-state index contributed by atoms with van der Waals surface area (Å²) < 4.78 is 6.54. The minimum Gasteiger partial charge on any atom is -0.477 e. The summed E-state index contributed by atoms with van der Waals surface area (Å²) in [6, 6.07) is 7.86. The van der Waals surface area contributed by atoms with Crippen molar-refractivity contribution in [3.8, 4) is 0 Å². The fourth-order valence-corrected chi connectivity index (χ4v) is 2.85. The third-order valence-corrected chi connectivity index (χ3v) is 4.17. The van der Waals surface area contributed by atoms with Gasteiger partial charge in [-0.3, -0.25) is 4.79 Å². The first-order valence-electron chi connectivity index (χ1n) is 9.24. The number of carboxylic acid groups (broad SMARTS) is 1. The van der Waals surface area contributed by atoms with E-state index in [-0.39, 0.29) is 23.6 Å². The van der Waals surface area contributed by atoms with Crippen LogP contribution in [-0.4, -0.2) is 43.2 Å². The summed E-state index contributed by atoms with van der Waals surface area (Å²) in [6.45, 7) is 7.38. The number of rotatable bonds is 5. The SMILES string of the molecule is Cc1cc(CNC(=O)c2cc(C(=O)O)n3nccc3n2)ccc1C(=O)OC(C)(C)C. The molecule has 0 spiro atoms. The maximum Gasteiger partial charge on any atom is 0.354 e. The fourth-order valence-electron chi connectivity index (χ4n) is 2.85. The van der Waals surface area contributed by atoms with Crippen molar-refractivity contribution in [2.45, 2.75) is 39.8 Å². The Balaban J connectivity index is 1.73. The van der Waals surface area contributed by atoms with Gasteiger partial charge in [0, 0.05) is 18.7 Å². The van der Waals surface area contributed by atoms with Crippen LogP contribution in [0.3, 0.4) is 0 Å². The molecule has 0 saturated carbocycles. The van der Waals surface area contributed by atoms with Crippen LogP contribution < -0.4 is 5.32 Å². The lowest BCUT2D eigenvalue weighted by Gasteiger charge is -2.20. The number of fused-ring (bicyclic) bond motifs is 1. The van der Waals surface area contributed by atoms with Crippen molar-refractivity contribution in [3.05, 3.63) is 64.6 Å². The molecule has 3 aromatic rings. The molecule has 3 rings (SSSR count). The molecular weight excluding hydrogens is 388 g/mol. The van der Waals surface area contributed by atoms with Gasteiger partial charge in [-0.25, -0.2) is 19.1 Å². The van der Waals surface area contributed by atoms with E-state index in [2.05, 4.69) is 15.4 Å². The average Bonchev–Trinajstić information content (AvgIpc) is 3.12. The first kappa shape index (κ1) is 21.0. The number of aromatic carboxylic acids is 1. The van der Waals surface area contributed by atoms with Gasteiger partial charge in [-0.15, -0.1) is 0 Å². The lowest BCUT2D eigenvalue weighted by Crippen LogP contribution is -2.25. The predicted octanol–water partition coefficient (Wildman–Crippen LogP) is 2.62. The normalized spacial score (nSPS) is 11.3. The molecule has 0 aliphatic rings. The van der Waals surface area contributed by atoms with Gasteiger partial charge in [0.1, 0.15) is 11.3 Å². The summed E-state index contributed by atoms with van der Waals surface area (Å²) in [5.41, 5.74) is 1.45. The van der Waals surface area contributed by atoms with Crippen molar-refractivity contribution in [1.29, 1.82) is 0 Å². The van der Waals surface area contributed by atoms with E-state index in [1.807, 2.05) is 0 Å². The van der Waals surface area contributed by atoms with Gasteiger partial charge >= 0.3 is 11.9 Å². The number of carboxylic acids is 1. The standard InChI is InChI=1S/C21H22N4O5/c1-12-9-13(5-6-14(12)20(29)30-21(2,3)4)11-22-18(26)15-10-16(19(27)28)25-17(24-15)7-8-23-25/h5-10H,11H2,1-4H3,(H,22,26)(H,27,28). The summed E-state index contributed by atoms with van der Waals surface area (Å²) in [6.07, 6.45) is 1.41. The van der Waals surface area contributed by atoms with E-state index in [1.54, 1.807) is 45.9 Å². The molecule has 0 atom stereocenters. The average molecular weight is 410 g/mol. The number of nitrogens with zero attached hydrogens (tertiary/aromatic N) is 3. The van der Waals surface area contributed by atoms with Gasteiger partial charge in [0.25, 0.3) is 5.91 Å². The minimum atomic E-state index is -1.21. The number of ether oxygens (including phenoxy) is 1. The Morgan fingerprint density at radius 1 is 1.17 bits per heavy atom. The maximum absolute atomic E-state index is 12.5. The summed E-state index contributed by atoms with van der Waals surface area (Å²) >= 11 is 0. The van der Waals surface area contributed by atoms with E-state index < -0.39 is 23.4 Å². The molecular formula is C21H22N4O5. The van der Waals surface area contributed by atoms with E-state index in [1.165, 1.54) is 18.3 Å². The van der Waals surface area contributed by atoms with Gasteiger partial charge in [0.15, 0.2) is 11.3 Å². The Morgan fingerprint density at radius 2 is 1.90 bits per heavy atom. The van der Waals surface area contributed by atoms with Gasteiger partial charge in [0.05, 0.1) is 11.8 Å². The molecule has 9 heteroatoms. The molecule has 2 N–H and O–H groups in total. The van der Waals surface area contributed by atoms with Crippen molar-refractivity contribution in [3.63, 3.8) is 0 Å². The maximum atomic E-state index is 12.5. The first-order valence-corrected chi connectivity index (χ1v) is 9.24. The molecule has 0 radical (unpaired) electrons. The molecule has 0 saturated heterocycles. The molecule has 0 aliphatic carbocycles. The monoisotopic (exact) mass is 410 g/mol. The van der Waals surface area contributed by atoms with Gasteiger partial charge in [-0.1, -0.05) is 12.1 Å². The second-order valence-electron chi connectivity index (χ2n) is 7.77. The Bertz CT molecular complexity index is 1140. The van der Waals surface area contributed by atoms with Crippen LogP contribution in [-0.2, 0) is 11.3 Å². The number of aryl methyl sites for hydroxylation is 1. The number of hydrogen-bond donors (Lipinski definition) is 2. The van der Waals surface area contributed by atoms with Crippen molar-refractivity contribution < 1.29 is 24.2 Å². The molecule has 2 aromatic heterocycles. The van der Waals surface area contributed by atoms with Gasteiger partial charge in [0.2, 0.25) is 0 Å². The summed E-state index contributed by atoms with van der Waals surface area (Å²) in [7, 11) is 0. The van der Waals surface area contributed by atoms with Crippen LogP contribution in [0.25, 0.3) is 5.65 Å². The highest BCUT2D eigenvalue weighted by molar-refractivity contribution is 5.96. The highest BCUT2D eigenvalue weighted by Gasteiger charge is 2.20. The highest BCUT2D eigenvalue weighted by atomic mass is 16.6. The van der Waals surface area contributed by atoms with E-state index in [9.17, 15) is 19.5 Å². The van der Waals surface area contributed by atoms with Crippen molar-refractivity contribution in [2.24, 2.45) is 0 Å². The van der Waals surface area contributed by atoms with Crippen LogP contribution in [0.1, 0.15) is 63.2 Å². The van der Waals surface area contributed by atoms with Gasteiger partial charge in [-0.2, -0.15) is 5.10 Å². The molecule has 2 heterocycles. The molecule has 0 aliphatic heterocycles. The number of carbonyl (C=O) groups is 3. The molecule has 9 nitrogen and oxygen atoms in total. The molecule has 1 aromatic carbocycles. The van der Waals surface area contributed by atoms with Crippen LogP contribution in [0.5, 0.6) is 0 Å². The van der Waals surface area contributed by atoms with Crippen LogP contribution in [0, 0.1) is 6.92 Å². The number of amides is 1. The van der Waals surface area contributed by atoms with Crippen LogP contribution >= 0.6 is 0 Å². The van der Waals surface area contributed by atoms with Crippen molar-refractivity contribution in [2.75, 3.05) is 0 Å². The number of aromatic nitrogens is 3. The lowest BCUT2D eigenvalue weighted by molar-refractivity contribution is 0.00684. The van der Waals surface area contributed by atoms with E-state index >= 15 is 0 Å². The van der Waals surface area contributed by atoms with Crippen molar-refractivity contribution in [1.82, 2.24) is 19.9 Å². The van der Waals surface area contributed by atoms with E-state index in [0.29, 0.717) is 5.56 Å². The quantitative estimate of drug-likeness (QED) is 0.620. The first-order chi connectivity index (χ1) is 14.0. The van der Waals surface area contributed by atoms with Crippen LogP contribution in [0.2, 0.25) is 0 Å². The molecule has 156 valence electrons. The van der Waals surface area contributed by atoms with Crippen molar-refractivity contribution >= 4 is 23.5 Å². The zero-order valence-corrected chi connectivity index (χ0v) is 17.1. The number of nitrogens with one attached hydrogen (secondary N) is 1. The van der Waals surface area contributed by atoms with E-state index in [0.717, 1.165) is 15.6 Å². The minimum absolute atomic E-state index is 0.0255. The van der Waals surface area contributed by atoms with Crippen LogP contribution in [0.15, 0.2) is 36.5 Å². The zero-order chi connectivity index (χ0) is 22.1. The largest absolute Gasteiger partial charge is 0.477 e. The van der Waals surface area contributed by atoms with Crippen LogP contribution in [0.4, 0.5) is 0 Å². The Kier molecular flexibility index (Phi) is 5.55. The highest BCUT2D eigenvalue weighted by Crippen LogP contribution is 2.17. The fraction of sp³-hybridized carbons (Fsp3) is 0.286. The third-order valence-electron chi connectivity index (χ3n) is 4.17. The number of carbonyl (C=O) groups excluding carboxylic acids is 2. The summed E-state index contributed by atoms with van der Waals surface area (Å²) in [5, 5.41) is 15.9. The topological polar surface area (TPSA) is 123 Å². The smallest absolute Gasteiger partial charge is 0.354 e. The van der Waals surface area contributed by atoms with E-state index in [4.69, 9.17) is 4.74 Å². The second-order valence-corrected chi connectivity index (χ2v) is 7.77.